The average Bonchev–Trinajstić information content (AvgIpc) is 2.38. The second kappa shape index (κ2) is 5.29. The van der Waals surface area contributed by atoms with Gasteiger partial charge < -0.3 is 5.73 Å². The molecule has 0 saturated carbocycles. The van der Waals surface area contributed by atoms with Gasteiger partial charge in [-0.15, -0.1) is 0 Å². The highest BCUT2D eigenvalue weighted by atomic mass is 19.1. The molecule has 0 spiro atoms. The van der Waals surface area contributed by atoms with Gasteiger partial charge in [-0.25, -0.2) is 13.2 Å². The van der Waals surface area contributed by atoms with E-state index in [1.165, 1.54) is 0 Å². The SMILES string of the molecule is CC(C)(c1ccccc1)C(N)c1c(F)cc(F)cc1F. The first-order valence-electron chi connectivity index (χ1n) is 6.29. The van der Waals surface area contributed by atoms with E-state index in [1.54, 1.807) is 13.8 Å². The van der Waals surface area contributed by atoms with Crippen molar-refractivity contribution in [2.75, 3.05) is 0 Å². The molecule has 20 heavy (non-hydrogen) atoms. The van der Waals surface area contributed by atoms with E-state index in [1.807, 2.05) is 30.3 Å². The van der Waals surface area contributed by atoms with Crippen molar-refractivity contribution in [1.29, 1.82) is 0 Å². The summed E-state index contributed by atoms with van der Waals surface area (Å²) in [7, 11) is 0. The minimum atomic E-state index is -0.959. The quantitative estimate of drug-likeness (QED) is 0.900. The predicted octanol–water partition coefficient (Wildman–Crippen LogP) is 4.08. The predicted molar refractivity (Wildman–Crippen MR) is 72.7 cm³/mol. The molecule has 0 aliphatic heterocycles. The lowest BCUT2D eigenvalue weighted by molar-refractivity contribution is 0.387. The Morgan fingerprint density at radius 2 is 1.45 bits per heavy atom. The van der Waals surface area contributed by atoms with Crippen LogP contribution in [0.3, 0.4) is 0 Å². The summed E-state index contributed by atoms with van der Waals surface area (Å²) in [5.74, 6) is -2.87. The Kier molecular flexibility index (Phi) is 3.86. The van der Waals surface area contributed by atoms with E-state index in [4.69, 9.17) is 5.73 Å². The zero-order valence-corrected chi connectivity index (χ0v) is 11.3. The Labute approximate surface area is 116 Å². The van der Waals surface area contributed by atoms with Crippen LogP contribution in [0, 0.1) is 17.5 Å². The second-order valence-electron chi connectivity index (χ2n) is 5.35. The van der Waals surface area contributed by atoms with Gasteiger partial charge >= 0.3 is 0 Å². The average molecular weight is 279 g/mol. The van der Waals surface area contributed by atoms with Crippen LogP contribution in [0.25, 0.3) is 0 Å². The summed E-state index contributed by atoms with van der Waals surface area (Å²) in [6, 6.07) is 9.59. The number of nitrogens with two attached hydrogens (primary N) is 1. The van der Waals surface area contributed by atoms with Gasteiger partial charge in [-0.1, -0.05) is 44.2 Å². The van der Waals surface area contributed by atoms with Gasteiger partial charge in [0.2, 0.25) is 0 Å². The molecule has 1 nitrogen and oxygen atoms in total. The van der Waals surface area contributed by atoms with E-state index >= 15 is 0 Å². The Morgan fingerprint density at radius 3 is 1.95 bits per heavy atom. The van der Waals surface area contributed by atoms with E-state index in [0.29, 0.717) is 12.1 Å². The summed E-state index contributed by atoms with van der Waals surface area (Å²) in [6.07, 6.45) is 0. The van der Waals surface area contributed by atoms with E-state index in [-0.39, 0.29) is 5.56 Å². The fourth-order valence-electron chi connectivity index (χ4n) is 2.26. The zero-order valence-electron chi connectivity index (χ0n) is 11.3. The van der Waals surface area contributed by atoms with E-state index in [2.05, 4.69) is 0 Å². The highest BCUT2D eigenvalue weighted by Gasteiger charge is 2.33. The Morgan fingerprint density at radius 1 is 0.950 bits per heavy atom. The maximum atomic E-state index is 13.8. The molecule has 0 aliphatic carbocycles. The highest BCUT2D eigenvalue weighted by Crippen LogP contribution is 2.37. The van der Waals surface area contributed by atoms with Gasteiger partial charge in [-0.3, -0.25) is 0 Å². The summed E-state index contributed by atoms with van der Waals surface area (Å²) >= 11 is 0. The number of hydrogen-bond acceptors (Lipinski definition) is 1. The van der Waals surface area contributed by atoms with Crippen molar-refractivity contribution in [2.45, 2.75) is 25.3 Å². The highest BCUT2D eigenvalue weighted by molar-refractivity contribution is 5.33. The van der Waals surface area contributed by atoms with Crippen LogP contribution in [0.2, 0.25) is 0 Å². The largest absolute Gasteiger partial charge is 0.323 e. The molecule has 1 unspecified atom stereocenters. The van der Waals surface area contributed by atoms with Crippen LogP contribution in [0.1, 0.15) is 31.0 Å². The molecule has 1 atom stereocenters. The fourth-order valence-corrected chi connectivity index (χ4v) is 2.26. The molecule has 0 saturated heterocycles. The lowest BCUT2D eigenvalue weighted by Crippen LogP contribution is -2.34. The van der Waals surface area contributed by atoms with E-state index < -0.39 is 28.9 Å². The molecule has 0 radical (unpaired) electrons. The van der Waals surface area contributed by atoms with Gasteiger partial charge in [0.05, 0.1) is 0 Å². The first kappa shape index (κ1) is 14.6. The molecule has 0 aliphatic rings. The summed E-state index contributed by atoms with van der Waals surface area (Å²) in [5, 5.41) is 0. The first-order chi connectivity index (χ1) is 9.34. The van der Waals surface area contributed by atoms with Crippen molar-refractivity contribution >= 4 is 0 Å². The lowest BCUT2D eigenvalue weighted by Gasteiger charge is -2.33. The Balaban J connectivity index is 2.48. The molecule has 0 aromatic heterocycles. The van der Waals surface area contributed by atoms with Crippen LogP contribution in [0.15, 0.2) is 42.5 Å². The van der Waals surface area contributed by atoms with Crippen LogP contribution >= 0.6 is 0 Å². The summed E-state index contributed by atoms with van der Waals surface area (Å²) in [4.78, 5) is 0. The minimum Gasteiger partial charge on any atom is -0.323 e. The number of hydrogen-bond donors (Lipinski definition) is 1. The van der Waals surface area contributed by atoms with Crippen molar-refractivity contribution in [1.82, 2.24) is 0 Å². The van der Waals surface area contributed by atoms with Gasteiger partial charge in [0, 0.05) is 29.2 Å². The third-order valence-corrected chi connectivity index (χ3v) is 3.65. The second-order valence-corrected chi connectivity index (χ2v) is 5.35. The zero-order chi connectivity index (χ0) is 14.9. The van der Waals surface area contributed by atoms with Crippen LogP contribution in [0.4, 0.5) is 13.2 Å². The number of halogens is 3. The van der Waals surface area contributed by atoms with Gasteiger partial charge in [0.25, 0.3) is 0 Å². The van der Waals surface area contributed by atoms with Gasteiger partial charge in [-0.05, 0) is 5.56 Å². The van der Waals surface area contributed by atoms with Crippen molar-refractivity contribution in [3.8, 4) is 0 Å². The molecule has 2 aromatic carbocycles. The molecular weight excluding hydrogens is 263 g/mol. The van der Waals surface area contributed by atoms with Crippen LogP contribution in [-0.4, -0.2) is 0 Å². The van der Waals surface area contributed by atoms with Crippen molar-refractivity contribution < 1.29 is 13.2 Å². The smallest absolute Gasteiger partial charge is 0.133 e. The fraction of sp³-hybridized carbons (Fsp3) is 0.250. The van der Waals surface area contributed by atoms with Gasteiger partial charge in [0.15, 0.2) is 0 Å². The molecule has 106 valence electrons. The monoisotopic (exact) mass is 279 g/mol. The topological polar surface area (TPSA) is 26.0 Å². The third kappa shape index (κ3) is 2.56. The summed E-state index contributed by atoms with van der Waals surface area (Å²) in [5.41, 5.74) is 5.93. The van der Waals surface area contributed by atoms with Crippen molar-refractivity contribution in [3.05, 3.63) is 71.0 Å². The molecule has 4 heteroatoms. The van der Waals surface area contributed by atoms with Crippen molar-refractivity contribution in [2.24, 2.45) is 5.73 Å². The molecule has 0 heterocycles. The van der Waals surface area contributed by atoms with Gasteiger partial charge in [0.1, 0.15) is 17.5 Å². The number of benzene rings is 2. The van der Waals surface area contributed by atoms with E-state index in [9.17, 15) is 13.2 Å². The third-order valence-electron chi connectivity index (χ3n) is 3.65. The molecule has 2 rings (SSSR count). The lowest BCUT2D eigenvalue weighted by atomic mass is 9.75. The molecule has 2 aromatic rings. The van der Waals surface area contributed by atoms with Crippen molar-refractivity contribution in [3.63, 3.8) is 0 Å². The van der Waals surface area contributed by atoms with Gasteiger partial charge in [-0.2, -0.15) is 0 Å². The number of rotatable bonds is 3. The standard InChI is InChI=1S/C16H16F3N/c1-16(2,10-6-4-3-5-7-10)15(20)14-12(18)8-11(17)9-13(14)19/h3-9,15H,20H2,1-2H3. The minimum absolute atomic E-state index is 0.291. The van der Waals surface area contributed by atoms with Crippen LogP contribution in [0.5, 0.6) is 0 Å². The normalized spacial score (nSPS) is 13.3. The maximum Gasteiger partial charge on any atom is 0.133 e. The molecule has 0 bridgehead atoms. The van der Waals surface area contributed by atoms with E-state index in [0.717, 1.165) is 5.56 Å². The first-order valence-corrected chi connectivity index (χ1v) is 6.29. The maximum absolute atomic E-state index is 13.8. The Hall–Kier alpha value is -1.81. The molecule has 0 fully saturated rings. The molecule has 0 amide bonds. The summed E-state index contributed by atoms with van der Waals surface area (Å²) in [6.45, 7) is 3.60. The van der Waals surface area contributed by atoms with Crippen LogP contribution in [-0.2, 0) is 5.41 Å². The summed E-state index contributed by atoms with van der Waals surface area (Å²) < 4.78 is 40.7. The Bertz CT molecular complexity index is 585. The molecule has 2 N–H and O–H groups in total. The van der Waals surface area contributed by atoms with Crippen LogP contribution < -0.4 is 5.73 Å². The molecular formula is C16H16F3N.